The van der Waals surface area contributed by atoms with Crippen LogP contribution in [0.1, 0.15) is 6.92 Å². The maximum Gasteiger partial charge on any atom is 0.417 e. The normalized spacial score (nSPS) is 21.5. The van der Waals surface area contributed by atoms with Crippen molar-refractivity contribution in [1.29, 1.82) is 0 Å². The molecule has 2 aromatic carbocycles. The zero-order valence-corrected chi connectivity index (χ0v) is 19.2. The predicted molar refractivity (Wildman–Crippen MR) is 125 cm³/mol. The van der Waals surface area contributed by atoms with Crippen LogP contribution in [0.3, 0.4) is 0 Å². The molecular weight excluding hydrogens is 445 g/mol. The molecule has 0 radical (unpaired) electrons. The third kappa shape index (κ3) is 3.89. The third-order valence-electron chi connectivity index (χ3n) is 6.25. The van der Waals surface area contributed by atoms with Crippen LogP contribution in [0.5, 0.6) is 0 Å². The highest BCUT2D eigenvalue weighted by Crippen LogP contribution is 2.34. The van der Waals surface area contributed by atoms with Crippen LogP contribution < -0.4 is 9.80 Å². The summed E-state index contributed by atoms with van der Waals surface area (Å²) in [6.07, 6.45) is -1.97. The van der Waals surface area contributed by atoms with E-state index in [4.69, 9.17) is 4.74 Å². The summed E-state index contributed by atoms with van der Waals surface area (Å²) in [5.41, 5.74) is 0.400. The first kappa shape index (κ1) is 21.6. The number of ether oxygens (including phenoxy) is 1. The summed E-state index contributed by atoms with van der Waals surface area (Å²) in [4.78, 5) is 32.2. The van der Waals surface area contributed by atoms with Crippen LogP contribution in [0.25, 0.3) is 10.1 Å². The number of nitrogens with zero attached hydrogens (tertiary/aromatic N) is 5. The van der Waals surface area contributed by atoms with Gasteiger partial charge in [-0.15, -0.1) is 0 Å². The highest BCUT2D eigenvalue weighted by molar-refractivity contribution is 7.13. The van der Waals surface area contributed by atoms with Crippen molar-refractivity contribution in [3.8, 4) is 0 Å². The Morgan fingerprint density at radius 1 is 1.15 bits per heavy atom. The van der Waals surface area contributed by atoms with Gasteiger partial charge >= 0.3 is 6.09 Å². The van der Waals surface area contributed by atoms with Crippen LogP contribution in [-0.4, -0.2) is 71.8 Å². The molecule has 10 heteroatoms. The Bertz CT molecular complexity index is 1200. The molecule has 3 aromatic rings. The molecule has 3 heterocycles. The number of aromatic nitrogens is 1. The smallest absolute Gasteiger partial charge is 0.417 e. The minimum absolute atomic E-state index is 0.216. The molecule has 0 spiro atoms. The standard InChI is InChI=1S/C23H24FN5O3S/c1-15(30)26(2)22-21(29(23(31)32-22)17-7-5-6-16(24)14-17)28-12-10-27(11-13-28)20-18-8-3-4-9-19(18)33-25-20/h3-9,14,21-22H,10-13H2,1-2H3. The van der Waals surface area contributed by atoms with Crippen LogP contribution in [0, 0.1) is 5.82 Å². The molecule has 0 saturated carbocycles. The molecular formula is C23H24FN5O3S. The molecule has 172 valence electrons. The molecule has 2 fully saturated rings. The largest absolute Gasteiger partial charge is 0.421 e. The number of hydrogen-bond donors (Lipinski definition) is 0. The predicted octanol–water partition coefficient (Wildman–Crippen LogP) is 3.34. The lowest BCUT2D eigenvalue weighted by Crippen LogP contribution is -2.60. The van der Waals surface area contributed by atoms with Crippen molar-refractivity contribution in [2.45, 2.75) is 19.3 Å². The van der Waals surface area contributed by atoms with Gasteiger partial charge in [-0.25, -0.2) is 9.18 Å². The highest BCUT2D eigenvalue weighted by atomic mass is 32.1. The number of fused-ring (bicyclic) bond motifs is 1. The quantitative estimate of drug-likeness (QED) is 0.584. The van der Waals surface area contributed by atoms with Crippen molar-refractivity contribution >= 4 is 45.1 Å². The van der Waals surface area contributed by atoms with Crippen LogP contribution in [0.4, 0.5) is 20.7 Å². The second-order valence-corrected chi connectivity index (χ2v) is 9.00. The summed E-state index contributed by atoms with van der Waals surface area (Å²) in [6, 6.07) is 14.0. The molecule has 1 aromatic heterocycles. The maximum absolute atomic E-state index is 14.0. The van der Waals surface area contributed by atoms with Crippen LogP contribution in [0.15, 0.2) is 48.5 Å². The second-order valence-electron chi connectivity index (χ2n) is 8.19. The molecule has 2 aliphatic heterocycles. The van der Waals surface area contributed by atoms with Crippen LogP contribution in [0.2, 0.25) is 0 Å². The van der Waals surface area contributed by atoms with E-state index in [1.165, 1.54) is 40.4 Å². The number of piperazine rings is 1. The van der Waals surface area contributed by atoms with E-state index in [9.17, 15) is 14.0 Å². The van der Waals surface area contributed by atoms with Gasteiger partial charge in [0.15, 0.2) is 6.17 Å². The fraction of sp³-hybridized carbons (Fsp3) is 0.348. The number of cyclic esters (lactones) is 1. The Balaban J connectivity index is 1.42. The van der Waals surface area contributed by atoms with Crippen molar-refractivity contribution in [2.24, 2.45) is 0 Å². The van der Waals surface area contributed by atoms with Crippen LogP contribution in [-0.2, 0) is 9.53 Å². The number of rotatable bonds is 4. The Morgan fingerprint density at radius 2 is 1.91 bits per heavy atom. The summed E-state index contributed by atoms with van der Waals surface area (Å²) in [5, 5.41) is 1.13. The fourth-order valence-corrected chi connectivity index (χ4v) is 5.24. The number of hydrogen-bond acceptors (Lipinski definition) is 7. The summed E-state index contributed by atoms with van der Waals surface area (Å²) in [7, 11) is 1.61. The number of carbonyl (C=O) groups excluding carboxylic acids is 2. The van der Waals surface area contributed by atoms with E-state index in [1.807, 2.05) is 12.1 Å². The second kappa shape index (κ2) is 8.60. The van der Waals surface area contributed by atoms with Crippen molar-refractivity contribution in [2.75, 3.05) is 43.0 Å². The molecule has 2 aliphatic rings. The topological polar surface area (TPSA) is 69.2 Å². The van der Waals surface area contributed by atoms with Gasteiger partial charge in [0.05, 0.1) is 10.4 Å². The molecule has 33 heavy (non-hydrogen) atoms. The first-order chi connectivity index (χ1) is 15.9. The molecule has 5 rings (SSSR count). The SMILES string of the molecule is CC(=O)N(C)C1OC(=O)N(c2cccc(F)c2)C1N1CCN(c2nsc3ccccc23)CC1. The van der Waals surface area contributed by atoms with Crippen LogP contribution >= 0.6 is 11.5 Å². The van der Waals surface area contributed by atoms with Gasteiger partial charge in [0, 0.05) is 45.5 Å². The Morgan fingerprint density at radius 3 is 2.64 bits per heavy atom. The number of carbonyl (C=O) groups is 2. The van der Waals surface area contributed by atoms with Gasteiger partial charge in [-0.2, -0.15) is 4.37 Å². The molecule has 2 amide bonds. The molecule has 2 atom stereocenters. The number of amides is 2. The van der Waals surface area contributed by atoms with E-state index < -0.39 is 24.3 Å². The van der Waals surface area contributed by atoms with Crippen molar-refractivity contribution in [3.05, 3.63) is 54.3 Å². The van der Waals surface area contributed by atoms with Gasteiger partial charge in [0.1, 0.15) is 11.6 Å². The lowest BCUT2D eigenvalue weighted by molar-refractivity contribution is -0.137. The monoisotopic (exact) mass is 469 g/mol. The van der Waals surface area contributed by atoms with E-state index in [1.54, 1.807) is 19.2 Å². The fourth-order valence-electron chi connectivity index (χ4n) is 4.44. The van der Waals surface area contributed by atoms with E-state index in [-0.39, 0.29) is 5.91 Å². The third-order valence-corrected chi connectivity index (χ3v) is 7.07. The van der Waals surface area contributed by atoms with Gasteiger partial charge in [-0.3, -0.25) is 14.6 Å². The first-order valence-electron chi connectivity index (χ1n) is 10.8. The maximum atomic E-state index is 14.0. The molecule has 2 saturated heterocycles. The Hall–Kier alpha value is -3.24. The van der Waals surface area contributed by atoms with Crippen molar-refractivity contribution in [3.63, 3.8) is 0 Å². The molecule has 8 nitrogen and oxygen atoms in total. The zero-order valence-electron chi connectivity index (χ0n) is 18.3. The van der Waals surface area contributed by atoms with E-state index in [0.29, 0.717) is 31.9 Å². The molecule has 0 aliphatic carbocycles. The summed E-state index contributed by atoms with van der Waals surface area (Å²) < 4.78 is 25.4. The van der Waals surface area contributed by atoms with Gasteiger partial charge in [-0.1, -0.05) is 18.2 Å². The van der Waals surface area contributed by atoms with Gasteiger partial charge in [-0.05, 0) is 41.9 Å². The lowest BCUT2D eigenvalue weighted by atomic mass is 10.2. The average molecular weight is 470 g/mol. The summed E-state index contributed by atoms with van der Waals surface area (Å²) in [5.74, 6) is 0.308. The number of halogens is 1. The van der Waals surface area contributed by atoms with Gasteiger partial charge < -0.3 is 14.5 Å². The highest BCUT2D eigenvalue weighted by Gasteiger charge is 2.49. The molecule has 2 unspecified atom stereocenters. The molecule has 0 N–H and O–H groups in total. The number of likely N-dealkylation sites (N-methyl/N-ethyl adjacent to an activating group) is 1. The van der Waals surface area contributed by atoms with E-state index in [0.717, 1.165) is 15.9 Å². The summed E-state index contributed by atoms with van der Waals surface area (Å²) >= 11 is 1.48. The average Bonchev–Trinajstić information content (AvgIpc) is 3.40. The summed E-state index contributed by atoms with van der Waals surface area (Å²) in [6.45, 7) is 4.08. The Labute approximate surface area is 194 Å². The number of anilines is 2. The van der Waals surface area contributed by atoms with Gasteiger partial charge in [0.25, 0.3) is 0 Å². The van der Waals surface area contributed by atoms with Crippen molar-refractivity contribution < 1.29 is 18.7 Å². The minimum Gasteiger partial charge on any atom is -0.421 e. The number of benzene rings is 2. The Kier molecular flexibility index (Phi) is 5.63. The first-order valence-corrected chi connectivity index (χ1v) is 11.5. The lowest BCUT2D eigenvalue weighted by Gasteiger charge is -2.42. The van der Waals surface area contributed by atoms with Crippen molar-refractivity contribution in [1.82, 2.24) is 14.2 Å². The minimum atomic E-state index is -0.801. The van der Waals surface area contributed by atoms with Gasteiger partial charge in [0.2, 0.25) is 12.1 Å². The van der Waals surface area contributed by atoms with E-state index in [2.05, 4.69) is 26.3 Å². The van der Waals surface area contributed by atoms with E-state index >= 15 is 0 Å². The zero-order chi connectivity index (χ0) is 23.1. The molecule has 0 bridgehead atoms.